The number of hydrogen-bond donors (Lipinski definition) is 0. The molecule has 0 aliphatic carbocycles. The van der Waals surface area contributed by atoms with Crippen molar-refractivity contribution >= 4 is 0 Å². The Morgan fingerprint density at radius 1 is 1.15 bits per heavy atom. The molecule has 0 aliphatic heterocycles. The first-order valence-electron chi connectivity index (χ1n) is 3.89. The van der Waals surface area contributed by atoms with Gasteiger partial charge in [0.25, 0.3) is 0 Å². The number of rotatable bonds is 7. The molecule has 0 saturated heterocycles. The number of methoxy groups -OCH3 is 2. The fourth-order valence-corrected chi connectivity index (χ4v) is 1.01. The van der Waals surface area contributed by atoms with Gasteiger partial charge in [0, 0.05) is 0 Å². The van der Waals surface area contributed by atoms with Gasteiger partial charge in [0.1, 0.15) is 0 Å². The molecule has 0 aliphatic rings. The Labute approximate surface area is 88.4 Å². The van der Waals surface area contributed by atoms with Crippen LogP contribution >= 0.6 is 0 Å². The van der Waals surface area contributed by atoms with Crippen molar-refractivity contribution in [2.75, 3.05) is 14.2 Å². The molecular weight excluding hydrogens is 212 g/mol. The van der Waals surface area contributed by atoms with Crippen LogP contribution in [0.25, 0.3) is 0 Å². The van der Waals surface area contributed by atoms with E-state index in [-0.39, 0.29) is 6.10 Å². The van der Waals surface area contributed by atoms with E-state index in [9.17, 15) is 0 Å². The van der Waals surface area contributed by atoms with E-state index in [4.69, 9.17) is 21.1 Å². The quantitative estimate of drug-likeness (QED) is 0.215. The van der Waals surface area contributed by atoms with Crippen molar-refractivity contribution in [3.63, 3.8) is 0 Å². The summed E-state index contributed by atoms with van der Waals surface area (Å²) in [5.41, 5.74) is 0. The molecule has 0 atom stereocenters. The SMILES string of the molecule is COC(C)(OC)O[O][Ti][O]C(C)C. The van der Waals surface area contributed by atoms with Crippen LogP contribution in [0.15, 0.2) is 0 Å². The summed E-state index contributed by atoms with van der Waals surface area (Å²) in [6.07, 6.45) is 0.153. The molecule has 78 valence electrons. The van der Waals surface area contributed by atoms with Crippen molar-refractivity contribution in [2.45, 2.75) is 32.8 Å². The zero-order valence-electron chi connectivity index (χ0n) is 8.62. The Balaban J connectivity index is 3.50. The Hall–Kier alpha value is 0.514. The first-order valence-corrected chi connectivity index (χ1v) is 5.17. The van der Waals surface area contributed by atoms with Crippen molar-refractivity contribution in [2.24, 2.45) is 0 Å². The molecule has 0 amide bonds. The van der Waals surface area contributed by atoms with Gasteiger partial charge in [-0.1, -0.05) is 0 Å². The molecule has 0 radical (unpaired) electrons. The molecule has 0 unspecified atom stereocenters. The summed E-state index contributed by atoms with van der Waals surface area (Å²) in [6, 6.07) is 0. The normalized spacial score (nSPS) is 12.2. The third-order valence-electron chi connectivity index (χ3n) is 1.25. The summed E-state index contributed by atoms with van der Waals surface area (Å²) >= 11 is -1.00. The van der Waals surface area contributed by atoms with Crippen LogP contribution in [-0.2, 0) is 41.1 Å². The van der Waals surface area contributed by atoms with E-state index in [0.29, 0.717) is 0 Å². The molecule has 6 heteroatoms. The molecule has 0 bridgehead atoms. The van der Waals surface area contributed by atoms with E-state index in [1.54, 1.807) is 6.92 Å². The molecule has 5 nitrogen and oxygen atoms in total. The average Bonchev–Trinajstić information content (AvgIpc) is 2.12. The summed E-state index contributed by atoms with van der Waals surface area (Å²) in [4.78, 5) is 4.86. The summed E-state index contributed by atoms with van der Waals surface area (Å²) in [6.45, 7) is 5.46. The molecule has 0 saturated carbocycles. The van der Waals surface area contributed by atoms with Crippen molar-refractivity contribution < 1.29 is 41.1 Å². The standard InChI is InChI=1S/C4H10O4.C3H7O.Ti/c1-4(6-2,7-3)8-5;1-3(2)4;/h5H,1-3H3;3H,1-2H3;/q;-1;+2/p-1. The Morgan fingerprint density at radius 2 is 1.69 bits per heavy atom. The second-order valence-electron chi connectivity index (χ2n) is 2.69. The summed E-state index contributed by atoms with van der Waals surface area (Å²) < 4.78 is 19.8. The van der Waals surface area contributed by atoms with Crippen LogP contribution in [-0.4, -0.2) is 26.3 Å². The average molecular weight is 228 g/mol. The Kier molecular flexibility index (Phi) is 7.17. The molecule has 0 aromatic rings. The van der Waals surface area contributed by atoms with Crippen LogP contribution in [0, 0.1) is 0 Å². The second kappa shape index (κ2) is 6.89. The van der Waals surface area contributed by atoms with Crippen LogP contribution in [0.4, 0.5) is 0 Å². The maximum atomic E-state index is 5.19. The van der Waals surface area contributed by atoms with Gasteiger partial charge in [-0.15, -0.1) is 0 Å². The molecule has 0 heterocycles. The third-order valence-corrected chi connectivity index (χ3v) is 2.38. The first kappa shape index (κ1) is 13.5. The molecule has 0 N–H and O–H groups in total. The van der Waals surface area contributed by atoms with E-state index in [2.05, 4.69) is 0 Å². The van der Waals surface area contributed by atoms with Gasteiger partial charge in [0.2, 0.25) is 0 Å². The zero-order chi connectivity index (χ0) is 10.3. The molecule has 0 fully saturated rings. The van der Waals surface area contributed by atoms with Crippen LogP contribution in [0.3, 0.4) is 0 Å². The summed E-state index contributed by atoms with van der Waals surface area (Å²) in [7, 11) is 2.94. The van der Waals surface area contributed by atoms with Gasteiger partial charge >= 0.3 is 88.1 Å². The Bertz CT molecular complexity index is 126. The summed E-state index contributed by atoms with van der Waals surface area (Å²) in [5, 5.41) is 0. The first-order chi connectivity index (χ1) is 6.04. The monoisotopic (exact) mass is 228 g/mol. The van der Waals surface area contributed by atoms with Gasteiger partial charge in [0.15, 0.2) is 0 Å². The molecule has 0 aromatic heterocycles. The van der Waals surface area contributed by atoms with Gasteiger partial charge in [-0.05, 0) is 0 Å². The fourth-order valence-electron chi connectivity index (χ4n) is 0.360. The number of hydrogen-bond acceptors (Lipinski definition) is 5. The van der Waals surface area contributed by atoms with Crippen LogP contribution in [0.2, 0.25) is 0 Å². The van der Waals surface area contributed by atoms with Crippen LogP contribution < -0.4 is 0 Å². The minimum atomic E-state index is -1.15. The summed E-state index contributed by atoms with van der Waals surface area (Å²) in [5.74, 6) is -1.15. The number of ether oxygens (including phenoxy) is 2. The second-order valence-corrected chi connectivity index (χ2v) is 3.58. The van der Waals surface area contributed by atoms with Gasteiger partial charge in [-0.2, -0.15) is 0 Å². The fraction of sp³-hybridized carbons (Fsp3) is 1.00. The molecule has 13 heavy (non-hydrogen) atoms. The molecule has 0 aromatic carbocycles. The van der Waals surface area contributed by atoms with Crippen molar-refractivity contribution in [1.82, 2.24) is 0 Å². The molecular formula is C7H16O5Ti. The zero-order valence-corrected chi connectivity index (χ0v) is 10.2. The van der Waals surface area contributed by atoms with Crippen LogP contribution in [0.5, 0.6) is 0 Å². The van der Waals surface area contributed by atoms with Crippen molar-refractivity contribution in [3.8, 4) is 0 Å². The van der Waals surface area contributed by atoms with Gasteiger partial charge in [0.05, 0.1) is 0 Å². The van der Waals surface area contributed by atoms with E-state index < -0.39 is 25.9 Å². The van der Waals surface area contributed by atoms with Crippen LogP contribution in [0.1, 0.15) is 20.8 Å². The van der Waals surface area contributed by atoms with E-state index in [1.807, 2.05) is 13.8 Å². The van der Waals surface area contributed by atoms with E-state index >= 15 is 0 Å². The van der Waals surface area contributed by atoms with Gasteiger partial charge in [-0.25, -0.2) is 0 Å². The van der Waals surface area contributed by atoms with E-state index in [1.165, 1.54) is 14.2 Å². The predicted molar refractivity (Wildman–Crippen MR) is 40.8 cm³/mol. The van der Waals surface area contributed by atoms with Crippen molar-refractivity contribution in [1.29, 1.82) is 0 Å². The molecule has 0 spiro atoms. The van der Waals surface area contributed by atoms with Gasteiger partial charge in [-0.3, -0.25) is 0 Å². The van der Waals surface area contributed by atoms with E-state index in [0.717, 1.165) is 0 Å². The predicted octanol–water partition coefficient (Wildman–Crippen LogP) is 1.24. The minimum absolute atomic E-state index is 0.153. The molecule has 0 rings (SSSR count). The maximum absolute atomic E-state index is 5.19. The van der Waals surface area contributed by atoms with Crippen molar-refractivity contribution in [3.05, 3.63) is 0 Å². The third kappa shape index (κ3) is 6.57. The topological polar surface area (TPSA) is 46.2 Å². The van der Waals surface area contributed by atoms with Gasteiger partial charge < -0.3 is 0 Å². The Morgan fingerprint density at radius 3 is 2.08 bits per heavy atom.